The number of nitrogens with one attached hydrogen (secondary N) is 1. The van der Waals surface area contributed by atoms with Crippen LogP contribution >= 0.6 is 0 Å². The predicted octanol–water partition coefficient (Wildman–Crippen LogP) is 14.5. The Morgan fingerprint density at radius 2 is 0.914 bits per heavy atom. The van der Waals surface area contributed by atoms with Crippen molar-refractivity contribution in [1.29, 1.82) is 0 Å². The number of hydrogen-bond acceptors (Lipinski definition) is 5. The fraction of sp³-hybridized carbons (Fsp3) is 0.769. The molecule has 58 heavy (non-hydrogen) atoms. The SMILES string of the molecule is CCC/C=C/C=C/C=C/C=C/C=C/CCCCCCCC(=O)OC(CCCCCCCCCCCCC)CC(=O)NC(CO)C(O)CCCCCCCCCCCC. The van der Waals surface area contributed by atoms with Crippen LogP contribution < -0.4 is 5.32 Å². The summed E-state index contributed by atoms with van der Waals surface area (Å²) in [6.45, 7) is 6.37. The van der Waals surface area contributed by atoms with Crippen LogP contribution in [0.1, 0.15) is 233 Å². The van der Waals surface area contributed by atoms with Crippen molar-refractivity contribution >= 4 is 11.9 Å². The van der Waals surface area contributed by atoms with Crippen LogP contribution in [0.3, 0.4) is 0 Å². The molecule has 0 aromatic rings. The number of ether oxygens (including phenoxy) is 1. The van der Waals surface area contributed by atoms with Gasteiger partial charge in [0.1, 0.15) is 6.10 Å². The van der Waals surface area contributed by atoms with E-state index in [0.29, 0.717) is 19.3 Å². The third-order valence-electron chi connectivity index (χ3n) is 11.0. The van der Waals surface area contributed by atoms with Crippen LogP contribution in [0.2, 0.25) is 0 Å². The van der Waals surface area contributed by atoms with Crippen molar-refractivity contribution < 1.29 is 24.5 Å². The Balaban J connectivity index is 4.60. The lowest BCUT2D eigenvalue weighted by atomic mass is 10.0. The Labute approximate surface area is 358 Å². The first-order valence-corrected chi connectivity index (χ1v) is 24.6. The number of allylic oxidation sites excluding steroid dienone is 10. The normalized spacial score (nSPS) is 13.8. The quantitative estimate of drug-likeness (QED) is 0.0324. The van der Waals surface area contributed by atoms with Crippen LogP contribution in [0.5, 0.6) is 0 Å². The number of rotatable bonds is 43. The van der Waals surface area contributed by atoms with Gasteiger partial charge in [-0.3, -0.25) is 9.59 Å². The first-order chi connectivity index (χ1) is 28.5. The Kier molecular flexibility index (Phi) is 43.7. The summed E-state index contributed by atoms with van der Waals surface area (Å²) in [6, 6.07) is -0.705. The Morgan fingerprint density at radius 1 is 0.500 bits per heavy atom. The van der Waals surface area contributed by atoms with Gasteiger partial charge in [0.05, 0.1) is 25.2 Å². The van der Waals surface area contributed by atoms with Crippen molar-refractivity contribution in [3.8, 4) is 0 Å². The van der Waals surface area contributed by atoms with E-state index in [0.717, 1.165) is 77.0 Å². The Morgan fingerprint density at radius 3 is 1.40 bits per heavy atom. The van der Waals surface area contributed by atoms with E-state index in [9.17, 15) is 19.8 Å². The average Bonchev–Trinajstić information content (AvgIpc) is 3.22. The van der Waals surface area contributed by atoms with Crippen molar-refractivity contribution in [2.45, 2.75) is 251 Å². The molecule has 0 saturated carbocycles. The fourth-order valence-electron chi connectivity index (χ4n) is 7.22. The minimum Gasteiger partial charge on any atom is -0.462 e. The van der Waals surface area contributed by atoms with E-state index in [1.165, 1.54) is 109 Å². The van der Waals surface area contributed by atoms with Gasteiger partial charge in [-0.15, -0.1) is 0 Å². The first kappa shape index (κ1) is 55.6. The lowest BCUT2D eigenvalue weighted by Crippen LogP contribution is -2.46. The molecule has 0 aromatic heterocycles. The molecule has 0 fully saturated rings. The topological polar surface area (TPSA) is 95.9 Å². The van der Waals surface area contributed by atoms with E-state index >= 15 is 0 Å². The molecule has 0 aliphatic rings. The van der Waals surface area contributed by atoms with Crippen molar-refractivity contribution in [3.63, 3.8) is 0 Å². The first-order valence-electron chi connectivity index (χ1n) is 24.6. The van der Waals surface area contributed by atoms with Gasteiger partial charge in [-0.2, -0.15) is 0 Å². The maximum absolute atomic E-state index is 13.1. The molecule has 1 amide bonds. The summed E-state index contributed by atoms with van der Waals surface area (Å²) in [6.07, 6.45) is 55.6. The van der Waals surface area contributed by atoms with E-state index in [1.54, 1.807) is 0 Å². The summed E-state index contributed by atoms with van der Waals surface area (Å²) in [5, 5.41) is 23.7. The van der Waals surface area contributed by atoms with Crippen molar-refractivity contribution in [3.05, 3.63) is 60.8 Å². The summed E-state index contributed by atoms with van der Waals surface area (Å²) in [7, 11) is 0. The van der Waals surface area contributed by atoms with Gasteiger partial charge in [0.25, 0.3) is 0 Å². The second kappa shape index (κ2) is 45.6. The molecular formula is C52H93NO5. The van der Waals surface area contributed by atoms with E-state index in [4.69, 9.17) is 4.74 Å². The smallest absolute Gasteiger partial charge is 0.306 e. The fourth-order valence-corrected chi connectivity index (χ4v) is 7.22. The molecule has 6 nitrogen and oxygen atoms in total. The van der Waals surface area contributed by atoms with Gasteiger partial charge < -0.3 is 20.3 Å². The lowest BCUT2D eigenvalue weighted by molar-refractivity contribution is -0.151. The monoisotopic (exact) mass is 812 g/mol. The van der Waals surface area contributed by atoms with Gasteiger partial charge in [0.15, 0.2) is 0 Å². The molecule has 0 saturated heterocycles. The zero-order chi connectivity index (χ0) is 42.4. The number of esters is 1. The average molecular weight is 812 g/mol. The molecule has 3 unspecified atom stereocenters. The highest BCUT2D eigenvalue weighted by Crippen LogP contribution is 2.18. The molecule has 0 rings (SSSR count). The zero-order valence-corrected chi connectivity index (χ0v) is 38.2. The zero-order valence-electron chi connectivity index (χ0n) is 38.2. The number of amides is 1. The highest BCUT2D eigenvalue weighted by molar-refractivity contribution is 5.77. The molecule has 6 heteroatoms. The van der Waals surface area contributed by atoms with Crippen molar-refractivity contribution in [2.24, 2.45) is 0 Å². The van der Waals surface area contributed by atoms with Crippen LogP contribution in [0.25, 0.3) is 0 Å². The van der Waals surface area contributed by atoms with E-state index in [-0.39, 0.29) is 24.9 Å². The summed E-state index contributed by atoms with van der Waals surface area (Å²) in [5.41, 5.74) is 0. The van der Waals surface area contributed by atoms with E-state index in [2.05, 4.69) is 62.5 Å². The number of aliphatic hydroxyl groups is 2. The van der Waals surface area contributed by atoms with E-state index in [1.807, 2.05) is 24.3 Å². The molecule has 0 bridgehead atoms. The molecule has 0 radical (unpaired) electrons. The largest absolute Gasteiger partial charge is 0.462 e. The molecule has 0 spiro atoms. The number of unbranched alkanes of at least 4 members (excludes halogenated alkanes) is 25. The number of hydrogen-bond donors (Lipinski definition) is 3. The second-order valence-electron chi connectivity index (χ2n) is 16.6. The minimum absolute atomic E-state index is 0.0672. The molecule has 336 valence electrons. The van der Waals surface area contributed by atoms with Crippen molar-refractivity contribution in [2.75, 3.05) is 6.61 Å². The summed E-state index contributed by atoms with van der Waals surface area (Å²) >= 11 is 0. The molecule has 3 atom stereocenters. The standard InChI is InChI=1S/C52H93NO5/c1-4-7-10-13-16-19-22-23-24-25-26-27-28-30-33-36-39-42-45-52(57)58-48(43-40-37-34-31-29-20-17-14-11-8-5-2)46-51(56)53-49(47-54)50(55)44-41-38-35-32-21-18-15-12-9-6-3/h10,13,16,19,22-27,48-50,54-55H,4-9,11-12,14-15,17-18,20-21,28-47H2,1-3H3,(H,53,56)/b13-10+,19-16+,23-22+,25-24+,27-26+. The van der Waals surface area contributed by atoms with Crippen LogP contribution in [0.15, 0.2) is 60.8 Å². The number of carbonyl (C=O) groups excluding carboxylic acids is 2. The predicted molar refractivity (Wildman–Crippen MR) is 250 cm³/mol. The summed E-state index contributed by atoms with van der Waals surface area (Å²) in [5.74, 6) is -0.501. The van der Waals surface area contributed by atoms with Gasteiger partial charge in [-0.05, 0) is 44.9 Å². The highest BCUT2D eigenvalue weighted by atomic mass is 16.5. The third-order valence-corrected chi connectivity index (χ3v) is 11.0. The Bertz CT molecular complexity index is 1050. The van der Waals surface area contributed by atoms with Gasteiger partial charge in [-0.25, -0.2) is 0 Å². The van der Waals surface area contributed by atoms with E-state index < -0.39 is 18.2 Å². The van der Waals surface area contributed by atoms with Gasteiger partial charge in [0, 0.05) is 6.42 Å². The number of aliphatic hydroxyl groups excluding tert-OH is 2. The van der Waals surface area contributed by atoms with Crippen LogP contribution in [-0.2, 0) is 14.3 Å². The van der Waals surface area contributed by atoms with Crippen molar-refractivity contribution in [1.82, 2.24) is 5.32 Å². The molecule has 0 heterocycles. The lowest BCUT2D eigenvalue weighted by Gasteiger charge is -2.24. The Hall–Kier alpha value is -2.44. The van der Waals surface area contributed by atoms with Crippen LogP contribution in [0, 0.1) is 0 Å². The maximum atomic E-state index is 13.1. The highest BCUT2D eigenvalue weighted by Gasteiger charge is 2.24. The molecule has 3 N–H and O–H groups in total. The maximum Gasteiger partial charge on any atom is 0.306 e. The van der Waals surface area contributed by atoms with Crippen LogP contribution in [-0.4, -0.2) is 46.9 Å². The minimum atomic E-state index is -0.790. The number of carbonyl (C=O) groups is 2. The summed E-state index contributed by atoms with van der Waals surface area (Å²) < 4.78 is 5.91. The molecular weight excluding hydrogens is 719 g/mol. The van der Waals surface area contributed by atoms with Gasteiger partial charge in [0.2, 0.25) is 5.91 Å². The second-order valence-corrected chi connectivity index (χ2v) is 16.6. The van der Waals surface area contributed by atoms with Gasteiger partial charge >= 0.3 is 5.97 Å². The van der Waals surface area contributed by atoms with Gasteiger partial charge in [-0.1, -0.05) is 236 Å². The molecule has 0 aliphatic carbocycles. The molecule has 0 aromatic carbocycles. The summed E-state index contributed by atoms with van der Waals surface area (Å²) in [4.78, 5) is 26.1. The third kappa shape index (κ3) is 40.3. The van der Waals surface area contributed by atoms with Crippen LogP contribution in [0.4, 0.5) is 0 Å². The molecule has 0 aliphatic heterocycles.